The first kappa shape index (κ1) is 9.86. The molecular formula is C10H7ClFN3. The largest absolute Gasteiger partial charge is 0.383 e. The maximum Gasteiger partial charge on any atom is 0.142 e. The Bertz CT molecular complexity index is 464. The lowest BCUT2D eigenvalue weighted by Crippen LogP contribution is -1.96. The summed E-state index contributed by atoms with van der Waals surface area (Å²) in [6, 6.07) is 5.82. The Hall–Kier alpha value is -1.68. The summed E-state index contributed by atoms with van der Waals surface area (Å²) in [6.07, 6.45) is 1.28. The van der Waals surface area contributed by atoms with Crippen LogP contribution in [0.2, 0.25) is 5.15 Å². The molecule has 0 saturated heterocycles. The minimum Gasteiger partial charge on any atom is -0.383 e. The molecule has 15 heavy (non-hydrogen) atoms. The Labute approximate surface area is 90.7 Å². The standard InChI is InChI=1S/C10H7ClFN3/c11-9-8(10(13)15-5-14-9)6-1-3-7(12)4-2-6/h1-5H,(H2,13,14,15). The number of halogens is 2. The van der Waals surface area contributed by atoms with Crippen molar-refractivity contribution in [3.8, 4) is 11.1 Å². The molecule has 2 N–H and O–H groups in total. The average molecular weight is 224 g/mol. The quantitative estimate of drug-likeness (QED) is 0.756. The number of rotatable bonds is 1. The molecule has 0 bridgehead atoms. The van der Waals surface area contributed by atoms with Gasteiger partial charge >= 0.3 is 0 Å². The third-order valence-electron chi connectivity index (χ3n) is 1.96. The van der Waals surface area contributed by atoms with E-state index in [9.17, 15) is 4.39 Å². The van der Waals surface area contributed by atoms with Crippen molar-refractivity contribution in [2.45, 2.75) is 0 Å². The van der Waals surface area contributed by atoms with E-state index in [0.717, 1.165) is 0 Å². The monoisotopic (exact) mass is 223 g/mol. The number of nitrogens with two attached hydrogens (primary N) is 1. The Balaban J connectivity index is 2.58. The van der Waals surface area contributed by atoms with Crippen molar-refractivity contribution in [1.29, 1.82) is 0 Å². The summed E-state index contributed by atoms with van der Waals surface area (Å²) in [5.41, 5.74) is 6.88. The molecule has 3 nitrogen and oxygen atoms in total. The number of nitrogen functional groups attached to an aromatic ring is 1. The first-order valence-corrected chi connectivity index (χ1v) is 4.58. The van der Waals surface area contributed by atoms with Crippen molar-refractivity contribution in [3.05, 3.63) is 41.6 Å². The predicted octanol–water partition coefficient (Wildman–Crippen LogP) is 2.52. The highest BCUT2D eigenvalue weighted by Crippen LogP contribution is 2.29. The van der Waals surface area contributed by atoms with Gasteiger partial charge in [0.25, 0.3) is 0 Å². The SMILES string of the molecule is Nc1ncnc(Cl)c1-c1ccc(F)cc1. The second-order valence-electron chi connectivity index (χ2n) is 2.93. The van der Waals surface area contributed by atoms with E-state index >= 15 is 0 Å². The molecule has 0 aliphatic carbocycles. The summed E-state index contributed by atoms with van der Waals surface area (Å²) in [7, 11) is 0. The van der Waals surface area contributed by atoms with Gasteiger partial charge in [-0.05, 0) is 17.7 Å². The molecule has 5 heteroatoms. The zero-order valence-electron chi connectivity index (χ0n) is 7.61. The predicted molar refractivity (Wildman–Crippen MR) is 56.8 cm³/mol. The Morgan fingerprint density at radius 1 is 1.13 bits per heavy atom. The van der Waals surface area contributed by atoms with E-state index in [-0.39, 0.29) is 16.8 Å². The first-order valence-electron chi connectivity index (χ1n) is 4.20. The second kappa shape index (κ2) is 3.82. The van der Waals surface area contributed by atoms with Crippen LogP contribution in [0.5, 0.6) is 0 Å². The molecule has 1 heterocycles. The zero-order chi connectivity index (χ0) is 10.8. The summed E-state index contributed by atoms with van der Waals surface area (Å²) >= 11 is 5.88. The molecule has 0 fully saturated rings. The van der Waals surface area contributed by atoms with Crippen LogP contribution in [0.3, 0.4) is 0 Å². The number of nitrogens with zero attached hydrogens (tertiary/aromatic N) is 2. The molecule has 0 atom stereocenters. The zero-order valence-corrected chi connectivity index (χ0v) is 8.37. The lowest BCUT2D eigenvalue weighted by Gasteiger charge is -2.05. The molecule has 0 aliphatic rings. The molecule has 1 aromatic heterocycles. The molecule has 0 unspecified atom stereocenters. The fourth-order valence-corrected chi connectivity index (χ4v) is 1.51. The average Bonchev–Trinajstić information content (AvgIpc) is 2.20. The fourth-order valence-electron chi connectivity index (χ4n) is 1.26. The number of anilines is 1. The van der Waals surface area contributed by atoms with Crippen LogP contribution in [-0.4, -0.2) is 9.97 Å². The lowest BCUT2D eigenvalue weighted by atomic mass is 10.1. The molecule has 1 aromatic carbocycles. The number of benzene rings is 1. The maximum atomic E-state index is 12.7. The highest BCUT2D eigenvalue weighted by atomic mass is 35.5. The lowest BCUT2D eigenvalue weighted by molar-refractivity contribution is 0.628. The van der Waals surface area contributed by atoms with Crippen LogP contribution in [0.1, 0.15) is 0 Å². The van der Waals surface area contributed by atoms with Crippen molar-refractivity contribution < 1.29 is 4.39 Å². The second-order valence-corrected chi connectivity index (χ2v) is 3.29. The summed E-state index contributed by atoms with van der Waals surface area (Å²) < 4.78 is 12.7. The van der Waals surface area contributed by atoms with E-state index in [1.807, 2.05) is 0 Å². The van der Waals surface area contributed by atoms with Crippen molar-refractivity contribution in [3.63, 3.8) is 0 Å². The van der Waals surface area contributed by atoms with Gasteiger partial charge in [-0.3, -0.25) is 0 Å². The molecule has 2 rings (SSSR count). The van der Waals surface area contributed by atoms with Gasteiger partial charge in [0, 0.05) is 0 Å². The summed E-state index contributed by atoms with van der Waals surface area (Å²) in [5.74, 6) is -0.0353. The first-order chi connectivity index (χ1) is 7.18. The molecule has 0 radical (unpaired) electrons. The van der Waals surface area contributed by atoms with Crippen LogP contribution in [0.15, 0.2) is 30.6 Å². The van der Waals surface area contributed by atoms with Gasteiger partial charge in [0.2, 0.25) is 0 Å². The molecule has 0 saturated carbocycles. The van der Waals surface area contributed by atoms with Gasteiger partial charge in [-0.2, -0.15) is 0 Å². The van der Waals surface area contributed by atoms with E-state index in [1.165, 1.54) is 18.5 Å². The highest BCUT2D eigenvalue weighted by molar-refractivity contribution is 6.32. The maximum absolute atomic E-state index is 12.7. The number of aromatic nitrogens is 2. The summed E-state index contributed by atoms with van der Waals surface area (Å²) in [5, 5.41) is 0.258. The summed E-state index contributed by atoms with van der Waals surface area (Å²) in [4.78, 5) is 7.65. The van der Waals surface area contributed by atoms with Gasteiger partial charge in [-0.25, -0.2) is 14.4 Å². The van der Waals surface area contributed by atoms with E-state index in [2.05, 4.69) is 9.97 Å². The Kier molecular flexibility index (Phi) is 2.51. The van der Waals surface area contributed by atoms with Crippen LogP contribution >= 0.6 is 11.6 Å². The van der Waals surface area contributed by atoms with Crippen LogP contribution in [0.4, 0.5) is 10.2 Å². The molecular weight excluding hydrogens is 217 g/mol. The Morgan fingerprint density at radius 2 is 1.80 bits per heavy atom. The molecule has 0 spiro atoms. The third kappa shape index (κ3) is 1.89. The van der Waals surface area contributed by atoms with Crippen LogP contribution in [0.25, 0.3) is 11.1 Å². The van der Waals surface area contributed by atoms with Crippen LogP contribution < -0.4 is 5.73 Å². The van der Waals surface area contributed by atoms with Crippen molar-refractivity contribution in [2.24, 2.45) is 0 Å². The van der Waals surface area contributed by atoms with Crippen LogP contribution in [-0.2, 0) is 0 Å². The van der Waals surface area contributed by atoms with E-state index in [1.54, 1.807) is 12.1 Å². The van der Waals surface area contributed by atoms with Crippen molar-refractivity contribution >= 4 is 17.4 Å². The third-order valence-corrected chi connectivity index (χ3v) is 2.25. The minimum atomic E-state index is -0.315. The van der Waals surface area contributed by atoms with Gasteiger partial charge in [-0.15, -0.1) is 0 Å². The van der Waals surface area contributed by atoms with Crippen molar-refractivity contribution in [1.82, 2.24) is 9.97 Å². The number of hydrogen-bond acceptors (Lipinski definition) is 3. The molecule has 2 aromatic rings. The number of hydrogen-bond donors (Lipinski definition) is 1. The van der Waals surface area contributed by atoms with E-state index in [4.69, 9.17) is 17.3 Å². The van der Waals surface area contributed by atoms with Gasteiger partial charge in [-0.1, -0.05) is 23.7 Å². The smallest absolute Gasteiger partial charge is 0.142 e. The summed E-state index contributed by atoms with van der Waals surface area (Å²) in [6.45, 7) is 0. The highest BCUT2D eigenvalue weighted by Gasteiger charge is 2.09. The minimum absolute atomic E-state index is 0.258. The van der Waals surface area contributed by atoms with Gasteiger partial charge in [0.1, 0.15) is 23.1 Å². The normalized spacial score (nSPS) is 10.3. The molecule has 0 aliphatic heterocycles. The van der Waals surface area contributed by atoms with Gasteiger partial charge in [0.05, 0.1) is 5.56 Å². The van der Waals surface area contributed by atoms with E-state index < -0.39 is 0 Å². The van der Waals surface area contributed by atoms with Gasteiger partial charge < -0.3 is 5.73 Å². The molecule has 0 amide bonds. The van der Waals surface area contributed by atoms with Crippen LogP contribution in [0, 0.1) is 5.82 Å². The van der Waals surface area contributed by atoms with E-state index in [0.29, 0.717) is 11.1 Å². The topological polar surface area (TPSA) is 51.8 Å². The fraction of sp³-hybridized carbons (Fsp3) is 0. The molecule has 76 valence electrons. The van der Waals surface area contributed by atoms with Gasteiger partial charge in [0.15, 0.2) is 0 Å². The Morgan fingerprint density at radius 3 is 2.40 bits per heavy atom. The van der Waals surface area contributed by atoms with Crippen molar-refractivity contribution in [2.75, 3.05) is 5.73 Å².